The van der Waals surface area contributed by atoms with Gasteiger partial charge in [0, 0.05) is 5.88 Å². The minimum atomic E-state index is 0.474. The number of ether oxygens (including phenoxy) is 1. The van der Waals surface area contributed by atoms with Crippen molar-refractivity contribution in [3.05, 3.63) is 30.3 Å². The summed E-state index contributed by atoms with van der Waals surface area (Å²) in [5, 5.41) is 0. The van der Waals surface area contributed by atoms with Gasteiger partial charge in [0.25, 0.3) is 0 Å². The van der Waals surface area contributed by atoms with Crippen LogP contribution in [0.4, 0.5) is 0 Å². The van der Waals surface area contributed by atoms with Crippen molar-refractivity contribution in [1.29, 1.82) is 0 Å². The van der Waals surface area contributed by atoms with Crippen molar-refractivity contribution in [3.63, 3.8) is 0 Å². The fraction of sp³-hybridized carbons (Fsp3) is 0.538. The summed E-state index contributed by atoms with van der Waals surface area (Å²) in [7, 11) is 0. The standard InChI is InChI=1S/C13H17ClO/c14-11-13(8-9-13)7-4-10-15-12-5-2-1-3-6-12/h1-3,5-6H,4,7-11H2. The first kappa shape index (κ1) is 10.8. The maximum atomic E-state index is 5.91. The fourth-order valence-corrected chi connectivity index (χ4v) is 2.18. The normalized spacial score (nSPS) is 17.4. The Labute approximate surface area is 96.4 Å². The summed E-state index contributed by atoms with van der Waals surface area (Å²) >= 11 is 5.91. The molecule has 82 valence electrons. The largest absolute Gasteiger partial charge is 0.494 e. The molecule has 0 heterocycles. The van der Waals surface area contributed by atoms with Gasteiger partial charge >= 0.3 is 0 Å². The Balaban J connectivity index is 1.63. The van der Waals surface area contributed by atoms with E-state index in [1.54, 1.807) is 0 Å². The lowest BCUT2D eigenvalue weighted by atomic mass is 10.0. The maximum absolute atomic E-state index is 5.91. The second-order valence-corrected chi connectivity index (χ2v) is 4.67. The third-order valence-corrected chi connectivity index (χ3v) is 3.67. The van der Waals surface area contributed by atoms with Crippen LogP contribution in [0, 0.1) is 5.41 Å². The molecule has 1 nitrogen and oxygen atoms in total. The Morgan fingerprint density at radius 3 is 2.53 bits per heavy atom. The van der Waals surface area contributed by atoms with E-state index in [1.165, 1.54) is 19.3 Å². The Hall–Kier alpha value is -0.690. The highest BCUT2D eigenvalue weighted by atomic mass is 35.5. The van der Waals surface area contributed by atoms with Gasteiger partial charge in [-0.2, -0.15) is 0 Å². The lowest BCUT2D eigenvalue weighted by Crippen LogP contribution is -2.05. The number of hydrogen-bond acceptors (Lipinski definition) is 1. The molecule has 0 bridgehead atoms. The van der Waals surface area contributed by atoms with Gasteiger partial charge in [0.05, 0.1) is 6.61 Å². The highest BCUT2D eigenvalue weighted by Crippen LogP contribution is 2.50. The van der Waals surface area contributed by atoms with Gasteiger partial charge in [-0.15, -0.1) is 11.6 Å². The number of halogens is 1. The average Bonchev–Trinajstić information content (AvgIpc) is 3.07. The fourth-order valence-electron chi connectivity index (χ4n) is 1.78. The van der Waals surface area contributed by atoms with E-state index in [4.69, 9.17) is 16.3 Å². The van der Waals surface area contributed by atoms with Crippen LogP contribution in [0.15, 0.2) is 30.3 Å². The second kappa shape index (κ2) is 4.89. The number of para-hydroxylation sites is 1. The molecule has 1 saturated carbocycles. The third kappa shape index (κ3) is 3.13. The van der Waals surface area contributed by atoms with Crippen molar-refractivity contribution in [3.8, 4) is 5.75 Å². The molecule has 0 unspecified atom stereocenters. The second-order valence-electron chi connectivity index (χ2n) is 4.40. The first-order valence-electron chi connectivity index (χ1n) is 5.58. The highest BCUT2D eigenvalue weighted by molar-refractivity contribution is 6.18. The molecule has 0 N–H and O–H groups in total. The molecule has 1 fully saturated rings. The van der Waals surface area contributed by atoms with Crippen LogP contribution in [0.3, 0.4) is 0 Å². The molecule has 0 aliphatic heterocycles. The molecule has 1 aliphatic rings. The van der Waals surface area contributed by atoms with Crippen molar-refractivity contribution >= 4 is 11.6 Å². The number of rotatable bonds is 6. The Morgan fingerprint density at radius 2 is 1.93 bits per heavy atom. The lowest BCUT2D eigenvalue weighted by Gasteiger charge is -2.11. The van der Waals surface area contributed by atoms with Crippen molar-refractivity contribution in [2.24, 2.45) is 5.41 Å². The van der Waals surface area contributed by atoms with Crippen molar-refractivity contribution in [1.82, 2.24) is 0 Å². The first-order valence-corrected chi connectivity index (χ1v) is 6.12. The minimum Gasteiger partial charge on any atom is -0.494 e. The molecule has 1 aromatic carbocycles. The van der Waals surface area contributed by atoms with Crippen LogP contribution in [0.5, 0.6) is 5.75 Å². The predicted octanol–water partition coefficient (Wildman–Crippen LogP) is 3.86. The SMILES string of the molecule is ClCC1(CCCOc2ccccc2)CC1. The number of hydrogen-bond donors (Lipinski definition) is 0. The molecule has 0 aromatic heterocycles. The zero-order valence-electron chi connectivity index (χ0n) is 8.92. The Morgan fingerprint density at radius 1 is 1.20 bits per heavy atom. The van der Waals surface area contributed by atoms with Crippen LogP contribution >= 0.6 is 11.6 Å². The smallest absolute Gasteiger partial charge is 0.119 e. The van der Waals surface area contributed by atoms with Crippen molar-refractivity contribution in [2.45, 2.75) is 25.7 Å². The molecule has 0 amide bonds. The van der Waals surface area contributed by atoms with Gasteiger partial charge in [-0.3, -0.25) is 0 Å². The zero-order chi connectivity index (χ0) is 10.6. The highest BCUT2D eigenvalue weighted by Gasteiger charge is 2.40. The summed E-state index contributed by atoms with van der Waals surface area (Å²) in [6, 6.07) is 9.98. The van der Waals surface area contributed by atoms with E-state index in [2.05, 4.69) is 0 Å². The van der Waals surface area contributed by atoms with Gasteiger partial charge < -0.3 is 4.74 Å². The monoisotopic (exact) mass is 224 g/mol. The molecular weight excluding hydrogens is 208 g/mol. The van der Waals surface area contributed by atoms with Crippen LogP contribution < -0.4 is 4.74 Å². The van der Waals surface area contributed by atoms with E-state index in [1.807, 2.05) is 30.3 Å². The topological polar surface area (TPSA) is 9.23 Å². The maximum Gasteiger partial charge on any atom is 0.119 e. The van der Waals surface area contributed by atoms with Crippen molar-refractivity contribution < 1.29 is 4.74 Å². The van der Waals surface area contributed by atoms with Crippen LogP contribution in [-0.2, 0) is 0 Å². The molecule has 2 heteroatoms. The third-order valence-electron chi connectivity index (χ3n) is 3.10. The summed E-state index contributed by atoms with van der Waals surface area (Å²) in [4.78, 5) is 0. The molecule has 15 heavy (non-hydrogen) atoms. The summed E-state index contributed by atoms with van der Waals surface area (Å²) in [5.41, 5.74) is 0.474. The number of alkyl halides is 1. The Kier molecular flexibility index (Phi) is 3.53. The number of benzene rings is 1. The van der Waals surface area contributed by atoms with Gasteiger partial charge in [0.1, 0.15) is 5.75 Å². The summed E-state index contributed by atoms with van der Waals surface area (Å²) in [5.74, 6) is 1.78. The molecule has 2 rings (SSSR count). The van der Waals surface area contributed by atoms with E-state index in [0.717, 1.165) is 24.7 Å². The van der Waals surface area contributed by atoms with Gasteiger partial charge in [0.15, 0.2) is 0 Å². The van der Waals surface area contributed by atoms with Crippen LogP contribution in [0.25, 0.3) is 0 Å². The lowest BCUT2D eigenvalue weighted by molar-refractivity contribution is 0.292. The summed E-state index contributed by atoms with van der Waals surface area (Å²) in [6.45, 7) is 0.808. The molecule has 1 aromatic rings. The van der Waals surface area contributed by atoms with E-state index in [-0.39, 0.29) is 0 Å². The minimum absolute atomic E-state index is 0.474. The molecule has 0 radical (unpaired) electrons. The van der Waals surface area contributed by atoms with Gasteiger partial charge in [-0.05, 0) is 43.2 Å². The predicted molar refractivity (Wildman–Crippen MR) is 63.6 cm³/mol. The van der Waals surface area contributed by atoms with Crippen LogP contribution in [-0.4, -0.2) is 12.5 Å². The van der Waals surface area contributed by atoms with Gasteiger partial charge in [0.2, 0.25) is 0 Å². The van der Waals surface area contributed by atoms with Crippen molar-refractivity contribution in [2.75, 3.05) is 12.5 Å². The molecular formula is C13H17ClO. The van der Waals surface area contributed by atoms with E-state index >= 15 is 0 Å². The molecule has 0 spiro atoms. The molecule has 0 saturated heterocycles. The first-order chi connectivity index (χ1) is 7.35. The quantitative estimate of drug-likeness (QED) is 0.527. The van der Waals surface area contributed by atoms with E-state index < -0.39 is 0 Å². The zero-order valence-corrected chi connectivity index (χ0v) is 9.67. The average molecular weight is 225 g/mol. The molecule has 1 aliphatic carbocycles. The van der Waals surface area contributed by atoms with E-state index in [0.29, 0.717) is 5.41 Å². The van der Waals surface area contributed by atoms with Gasteiger partial charge in [-0.25, -0.2) is 0 Å². The Bertz CT molecular complexity index is 293. The summed E-state index contributed by atoms with van der Waals surface area (Å²) in [6.07, 6.45) is 4.94. The molecule has 0 atom stereocenters. The van der Waals surface area contributed by atoms with E-state index in [9.17, 15) is 0 Å². The van der Waals surface area contributed by atoms with Crippen LogP contribution in [0.1, 0.15) is 25.7 Å². The summed E-state index contributed by atoms with van der Waals surface area (Å²) < 4.78 is 5.63. The van der Waals surface area contributed by atoms with Gasteiger partial charge in [-0.1, -0.05) is 18.2 Å². The van der Waals surface area contributed by atoms with Crippen LogP contribution in [0.2, 0.25) is 0 Å².